The molecular formula is C23H48O3S2. The molecule has 0 amide bonds. The van der Waals surface area contributed by atoms with Gasteiger partial charge in [0.2, 0.25) is 0 Å². The van der Waals surface area contributed by atoms with Gasteiger partial charge >= 0.3 is 0 Å². The van der Waals surface area contributed by atoms with Gasteiger partial charge in [0.25, 0.3) is 5.97 Å². The van der Waals surface area contributed by atoms with Gasteiger partial charge in [0.05, 0.1) is 18.3 Å². The van der Waals surface area contributed by atoms with Crippen molar-refractivity contribution in [1.29, 1.82) is 0 Å². The van der Waals surface area contributed by atoms with Crippen LogP contribution in [0.5, 0.6) is 0 Å². The van der Waals surface area contributed by atoms with Gasteiger partial charge in [0.15, 0.2) is 0 Å². The highest BCUT2D eigenvalue weighted by Crippen LogP contribution is 2.28. The smallest absolute Gasteiger partial charge is 0.283 e. The molecule has 0 radical (unpaired) electrons. The van der Waals surface area contributed by atoms with Gasteiger partial charge in [-0.25, -0.2) is 0 Å². The molecule has 0 fully saturated rings. The molecule has 0 bridgehead atoms. The predicted octanol–water partition coefficient (Wildman–Crippen LogP) is 7.29. The van der Waals surface area contributed by atoms with Crippen molar-refractivity contribution < 1.29 is 14.2 Å². The fraction of sp³-hybridized carbons (Fsp3) is 1.00. The summed E-state index contributed by atoms with van der Waals surface area (Å²) in [5, 5.41) is 0. The van der Waals surface area contributed by atoms with E-state index in [1.165, 1.54) is 51.4 Å². The molecule has 5 heteroatoms. The summed E-state index contributed by atoms with van der Waals surface area (Å²) in [6.45, 7) is 12.2. The SMILES string of the molecule is CC(C)OC(CCCCCCCCCC(CS)CCS)(OC(C)C)OC(C)C. The Labute approximate surface area is 186 Å². The Morgan fingerprint density at radius 1 is 0.607 bits per heavy atom. The highest BCUT2D eigenvalue weighted by atomic mass is 32.1. The molecule has 28 heavy (non-hydrogen) atoms. The third kappa shape index (κ3) is 15.4. The van der Waals surface area contributed by atoms with Crippen LogP contribution < -0.4 is 0 Å². The van der Waals surface area contributed by atoms with Crippen LogP contribution >= 0.6 is 25.3 Å². The van der Waals surface area contributed by atoms with E-state index in [2.05, 4.69) is 25.3 Å². The fourth-order valence-electron chi connectivity index (χ4n) is 3.51. The van der Waals surface area contributed by atoms with E-state index in [1.807, 2.05) is 41.5 Å². The number of hydrogen-bond acceptors (Lipinski definition) is 5. The van der Waals surface area contributed by atoms with E-state index in [-0.39, 0.29) is 18.3 Å². The second kappa shape index (κ2) is 17.3. The van der Waals surface area contributed by atoms with Crippen LogP contribution in [0, 0.1) is 5.92 Å². The van der Waals surface area contributed by atoms with Crippen molar-refractivity contribution in [2.24, 2.45) is 5.92 Å². The van der Waals surface area contributed by atoms with E-state index in [0.29, 0.717) is 0 Å². The van der Waals surface area contributed by atoms with Crippen LogP contribution in [0.3, 0.4) is 0 Å². The lowest BCUT2D eigenvalue weighted by atomic mass is 9.99. The van der Waals surface area contributed by atoms with Crippen LogP contribution in [0.2, 0.25) is 0 Å². The molecule has 0 N–H and O–H groups in total. The van der Waals surface area contributed by atoms with Crippen molar-refractivity contribution in [3.63, 3.8) is 0 Å². The molecule has 0 spiro atoms. The van der Waals surface area contributed by atoms with Gasteiger partial charge in [-0.05, 0) is 78.2 Å². The summed E-state index contributed by atoms with van der Waals surface area (Å²) in [5.74, 6) is 1.81. The maximum atomic E-state index is 6.12. The van der Waals surface area contributed by atoms with Crippen molar-refractivity contribution in [3.05, 3.63) is 0 Å². The van der Waals surface area contributed by atoms with Crippen LogP contribution in [0.25, 0.3) is 0 Å². The zero-order valence-electron chi connectivity index (χ0n) is 19.4. The lowest BCUT2D eigenvalue weighted by Gasteiger charge is -2.37. The van der Waals surface area contributed by atoms with Crippen molar-refractivity contribution in [2.75, 3.05) is 11.5 Å². The molecule has 0 rings (SSSR count). The van der Waals surface area contributed by atoms with Crippen LogP contribution in [0.4, 0.5) is 0 Å². The normalized spacial score (nSPS) is 13.8. The van der Waals surface area contributed by atoms with E-state index in [4.69, 9.17) is 14.2 Å². The zero-order chi connectivity index (χ0) is 21.4. The first-order valence-corrected chi connectivity index (χ1v) is 12.8. The Hall–Kier alpha value is 0.580. The largest absolute Gasteiger partial charge is 0.325 e. The molecule has 0 aromatic heterocycles. The third-order valence-corrected chi connectivity index (χ3v) is 5.41. The van der Waals surface area contributed by atoms with Crippen molar-refractivity contribution >= 4 is 25.3 Å². The number of rotatable bonds is 19. The van der Waals surface area contributed by atoms with Gasteiger partial charge in [-0.1, -0.05) is 38.5 Å². The Bertz CT molecular complexity index is 322. The van der Waals surface area contributed by atoms with Gasteiger partial charge in [0, 0.05) is 6.42 Å². The molecule has 1 unspecified atom stereocenters. The maximum Gasteiger partial charge on any atom is 0.283 e. The summed E-state index contributed by atoms with van der Waals surface area (Å²) in [7, 11) is 0. The quantitative estimate of drug-likeness (QED) is 0.126. The van der Waals surface area contributed by atoms with E-state index in [9.17, 15) is 0 Å². The highest BCUT2D eigenvalue weighted by Gasteiger charge is 2.36. The average Bonchev–Trinajstić information content (AvgIpc) is 2.57. The zero-order valence-corrected chi connectivity index (χ0v) is 21.2. The minimum absolute atomic E-state index is 0.0705. The second-order valence-corrected chi connectivity index (χ2v) is 9.57. The topological polar surface area (TPSA) is 27.7 Å². The Morgan fingerprint density at radius 3 is 1.43 bits per heavy atom. The molecule has 0 saturated heterocycles. The summed E-state index contributed by atoms with van der Waals surface area (Å²) in [6, 6.07) is 0. The minimum Gasteiger partial charge on any atom is -0.325 e. The Kier molecular flexibility index (Phi) is 17.6. The monoisotopic (exact) mass is 436 g/mol. The molecule has 0 saturated carbocycles. The van der Waals surface area contributed by atoms with E-state index in [1.54, 1.807) is 0 Å². The Morgan fingerprint density at radius 2 is 1.04 bits per heavy atom. The van der Waals surface area contributed by atoms with Crippen LogP contribution in [-0.4, -0.2) is 35.8 Å². The minimum atomic E-state index is -0.911. The van der Waals surface area contributed by atoms with Crippen molar-refractivity contribution in [1.82, 2.24) is 0 Å². The fourth-order valence-corrected chi connectivity index (χ4v) is 4.24. The summed E-state index contributed by atoms with van der Waals surface area (Å²) in [4.78, 5) is 0. The first kappa shape index (κ1) is 28.6. The molecule has 0 aromatic rings. The van der Waals surface area contributed by atoms with Crippen molar-refractivity contribution in [3.8, 4) is 0 Å². The molecule has 170 valence electrons. The Balaban J connectivity index is 4.12. The van der Waals surface area contributed by atoms with Gasteiger partial charge in [-0.3, -0.25) is 0 Å². The summed E-state index contributed by atoms with van der Waals surface area (Å²) in [6.07, 6.45) is 12.3. The summed E-state index contributed by atoms with van der Waals surface area (Å²) < 4.78 is 18.3. The number of thiol groups is 2. The summed E-state index contributed by atoms with van der Waals surface area (Å²) in [5.41, 5.74) is 0. The molecule has 1 atom stereocenters. The summed E-state index contributed by atoms with van der Waals surface area (Å²) >= 11 is 8.79. The van der Waals surface area contributed by atoms with E-state index in [0.717, 1.165) is 30.3 Å². The number of ether oxygens (including phenoxy) is 3. The standard InChI is InChI=1S/C23H48O3S2/c1-19(2)24-23(25-20(3)4,26-21(5)6)16-13-11-9-7-8-10-12-14-22(18-28)15-17-27/h19-22,27-28H,7-18H2,1-6H3. The van der Waals surface area contributed by atoms with Crippen LogP contribution in [0.1, 0.15) is 106 Å². The predicted molar refractivity (Wildman–Crippen MR) is 129 cm³/mol. The molecule has 0 aromatic carbocycles. The second-order valence-electron chi connectivity index (χ2n) is 8.76. The number of unbranched alkanes of at least 4 members (excludes halogenated alkanes) is 6. The first-order valence-electron chi connectivity index (χ1n) is 11.5. The highest BCUT2D eigenvalue weighted by molar-refractivity contribution is 7.80. The van der Waals surface area contributed by atoms with Gasteiger partial charge in [0.1, 0.15) is 0 Å². The molecule has 3 nitrogen and oxygen atoms in total. The molecular weight excluding hydrogens is 388 g/mol. The molecule has 0 aliphatic heterocycles. The average molecular weight is 437 g/mol. The molecule has 0 heterocycles. The van der Waals surface area contributed by atoms with E-state index >= 15 is 0 Å². The number of hydrogen-bond donors (Lipinski definition) is 2. The third-order valence-electron chi connectivity index (χ3n) is 4.64. The van der Waals surface area contributed by atoms with Gasteiger partial charge in [-0.15, -0.1) is 0 Å². The lowest BCUT2D eigenvalue weighted by Crippen LogP contribution is -2.44. The van der Waals surface area contributed by atoms with Crippen LogP contribution in [-0.2, 0) is 14.2 Å². The lowest BCUT2D eigenvalue weighted by molar-refractivity contribution is -0.412. The van der Waals surface area contributed by atoms with Gasteiger partial charge < -0.3 is 14.2 Å². The van der Waals surface area contributed by atoms with E-state index < -0.39 is 5.97 Å². The van der Waals surface area contributed by atoms with Crippen LogP contribution in [0.15, 0.2) is 0 Å². The maximum absolute atomic E-state index is 6.12. The first-order chi connectivity index (χ1) is 13.2. The van der Waals surface area contributed by atoms with Crippen molar-refractivity contribution in [2.45, 2.75) is 130 Å². The molecule has 0 aliphatic carbocycles. The van der Waals surface area contributed by atoms with Gasteiger partial charge in [-0.2, -0.15) is 25.3 Å². The molecule has 0 aliphatic rings.